The van der Waals surface area contributed by atoms with Crippen LogP contribution in [0, 0.1) is 11.8 Å². The Morgan fingerprint density at radius 3 is 2.38 bits per heavy atom. The van der Waals surface area contributed by atoms with Gasteiger partial charge in [0.15, 0.2) is 0 Å². The number of nitrogens with zero attached hydrogens (tertiary/aromatic N) is 1. The Morgan fingerprint density at radius 2 is 1.92 bits per heavy atom. The monoisotopic (exact) mass is 383 g/mol. The molecule has 2 rings (SSSR count). The van der Waals surface area contributed by atoms with Crippen LogP contribution < -0.4 is 15.8 Å². The van der Waals surface area contributed by atoms with Crippen LogP contribution in [0.3, 0.4) is 0 Å². The maximum atomic E-state index is 13.0. The van der Waals surface area contributed by atoms with Crippen LogP contribution in [0.1, 0.15) is 37.6 Å². The summed E-state index contributed by atoms with van der Waals surface area (Å²) in [5.41, 5.74) is 6.26. The topological polar surface area (TPSA) is 84.7 Å². The highest BCUT2D eigenvalue weighted by molar-refractivity contribution is 5.97. The number of methoxy groups -OCH3 is 1. The van der Waals surface area contributed by atoms with Crippen LogP contribution in [0.5, 0.6) is 5.75 Å². The van der Waals surface area contributed by atoms with Crippen LogP contribution in [0.4, 0.5) is 0 Å². The van der Waals surface area contributed by atoms with Gasteiger partial charge in [0.05, 0.1) is 7.11 Å². The van der Waals surface area contributed by atoms with Gasteiger partial charge in [-0.15, -0.1) is 12.4 Å². The lowest BCUT2D eigenvalue weighted by Gasteiger charge is -2.29. The molecule has 1 heterocycles. The first-order valence-electron chi connectivity index (χ1n) is 8.82. The molecule has 3 atom stereocenters. The normalized spacial score (nSPS) is 20.5. The molecule has 1 aliphatic rings. The van der Waals surface area contributed by atoms with E-state index in [1.807, 2.05) is 25.7 Å². The zero-order chi connectivity index (χ0) is 18.6. The van der Waals surface area contributed by atoms with E-state index in [1.54, 1.807) is 31.4 Å². The van der Waals surface area contributed by atoms with Gasteiger partial charge in [-0.05, 0) is 56.0 Å². The molecule has 1 aliphatic heterocycles. The number of carbonyl (C=O) groups excluding carboxylic acids is 2. The fourth-order valence-corrected chi connectivity index (χ4v) is 3.28. The number of amides is 2. The predicted octanol–water partition coefficient (Wildman–Crippen LogP) is 2.07. The molecule has 1 fully saturated rings. The maximum absolute atomic E-state index is 13.0. The molecule has 0 spiro atoms. The number of nitrogens with one attached hydrogen (secondary N) is 1. The van der Waals surface area contributed by atoms with Crippen LogP contribution in [-0.2, 0) is 4.79 Å². The molecule has 146 valence electrons. The highest BCUT2D eigenvalue weighted by Gasteiger charge is 2.36. The summed E-state index contributed by atoms with van der Waals surface area (Å²) in [6.45, 7) is 7.17. The van der Waals surface area contributed by atoms with Gasteiger partial charge in [0.25, 0.3) is 5.91 Å². The highest BCUT2D eigenvalue weighted by Crippen LogP contribution is 2.24. The van der Waals surface area contributed by atoms with Gasteiger partial charge >= 0.3 is 0 Å². The quantitative estimate of drug-likeness (QED) is 0.787. The standard InChI is InChI=1S/C19H29N3O3.ClH/c1-12(2)17(19(24)22-11-14(10-20)9-13(22)3)21-18(23)15-5-7-16(25-4)8-6-15;/h5-8,12-14,17H,9-11,20H2,1-4H3,(H,21,23);1H. The maximum Gasteiger partial charge on any atom is 0.251 e. The Morgan fingerprint density at radius 1 is 1.31 bits per heavy atom. The van der Waals surface area contributed by atoms with E-state index >= 15 is 0 Å². The van der Waals surface area contributed by atoms with Crippen LogP contribution >= 0.6 is 12.4 Å². The van der Waals surface area contributed by atoms with Crippen molar-refractivity contribution in [2.75, 3.05) is 20.2 Å². The molecular formula is C19H30ClN3O3. The van der Waals surface area contributed by atoms with E-state index in [2.05, 4.69) is 5.32 Å². The third-order valence-electron chi connectivity index (χ3n) is 4.85. The number of halogens is 1. The van der Waals surface area contributed by atoms with Gasteiger partial charge in [0.2, 0.25) is 5.91 Å². The number of rotatable bonds is 6. The molecule has 1 aromatic rings. The van der Waals surface area contributed by atoms with Crippen molar-refractivity contribution in [1.82, 2.24) is 10.2 Å². The second-order valence-corrected chi connectivity index (χ2v) is 7.10. The number of likely N-dealkylation sites (tertiary alicyclic amines) is 1. The Balaban J connectivity index is 0.00000338. The van der Waals surface area contributed by atoms with Crippen molar-refractivity contribution in [3.63, 3.8) is 0 Å². The number of ether oxygens (including phenoxy) is 1. The fourth-order valence-electron chi connectivity index (χ4n) is 3.28. The summed E-state index contributed by atoms with van der Waals surface area (Å²) < 4.78 is 5.10. The predicted molar refractivity (Wildman–Crippen MR) is 105 cm³/mol. The number of nitrogens with two attached hydrogens (primary N) is 1. The summed E-state index contributed by atoms with van der Waals surface area (Å²) in [5, 5.41) is 2.90. The average Bonchev–Trinajstić information content (AvgIpc) is 2.99. The van der Waals surface area contributed by atoms with Gasteiger partial charge in [-0.3, -0.25) is 9.59 Å². The lowest BCUT2D eigenvalue weighted by Crippen LogP contribution is -2.52. The van der Waals surface area contributed by atoms with Crippen LogP contribution in [0.2, 0.25) is 0 Å². The molecule has 3 unspecified atom stereocenters. The zero-order valence-electron chi connectivity index (χ0n) is 15.9. The van der Waals surface area contributed by atoms with Gasteiger partial charge in [0, 0.05) is 18.2 Å². The first kappa shape index (κ1) is 22.3. The van der Waals surface area contributed by atoms with Gasteiger partial charge in [0.1, 0.15) is 11.8 Å². The molecule has 1 saturated heterocycles. The lowest BCUT2D eigenvalue weighted by molar-refractivity contribution is -0.135. The second-order valence-electron chi connectivity index (χ2n) is 7.10. The lowest BCUT2D eigenvalue weighted by atomic mass is 10.0. The van der Waals surface area contributed by atoms with E-state index in [9.17, 15) is 9.59 Å². The Kier molecular flexibility index (Phi) is 8.37. The first-order chi connectivity index (χ1) is 11.9. The van der Waals surface area contributed by atoms with Crippen LogP contribution in [0.15, 0.2) is 24.3 Å². The molecule has 7 heteroatoms. The van der Waals surface area contributed by atoms with Crippen LogP contribution in [0.25, 0.3) is 0 Å². The van der Waals surface area contributed by atoms with E-state index in [-0.39, 0.29) is 36.2 Å². The minimum Gasteiger partial charge on any atom is -0.497 e. The minimum atomic E-state index is -0.548. The SMILES string of the molecule is COc1ccc(C(=O)NC(C(=O)N2CC(CN)CC2C)C(C)C)cc1.Cl. The van der Waals surface area contributed by atoms with Crippen molar-refractivity contribution in [2.45, 2.75) is 39.3 Å². The average molecular weight is 384 g/mol. The van der Waals surface area contributed by atoms with Crippen molar-refractivity contribution in [3.8, 4) is 5.75 Å². The molecule has 1 aromatic carbocycles. The zero-order valence-corrected chi connectivity index (χ0v) is 16.7. The van der Waals surface area contributed by atoms with Gasteiger partial charge in [-0.25, -0.2) is 0 Å². The van der Waals surface area contributed by atoms with E-state index in [0.29, 0.717) is 30.3 Å². The smallest absolute Gasteiger partial charge is 0.251 e. The van der Waals surface area contributed by atoms with Crippen molar-refractivity contribution in [2.24, 2.45) is 17.6 Å². The van der Waals surface area contributed by atoms with Gasteiger partial charge in [-0.1, -0.05) is 13.8 Å². The first-order valence-corrected chi connectivity index (χ1v) is 8.82. The summed E-state index contributed by atoms with van der Waals surface area (Å²) in [4.78, 5) is 27.4. The molecule has 6 nitrogen and oxygen atoms in total. The van der Waals surface area contributed by atoms with Crippen molar-refractivity contribution >= 4 is 24.2 Å². The van der Waals surface area contributed by atoms with Crippen molar-refractivity contribution < 1.29 is 14.3 Å². The molecule has 0 radical (unpaired) electrons. The summed E-state index contributed by atoms with van der Waals surface area (Å²) in [5.74, 6) is 0.742. The molecular weight excluding hydrogens is 354 g/mol. The summed E-state index contributed by atoms with van der Waals surface area (Å²) in [7, 11) is 1.58. The van der Waals surface area contributed by atoms with E-state index < -0.39 is 6.04 Å². The third-order valence-corrected chi connectivity index (χ3v) is 4.85. The molecule has 2 amide bonds. The summed E-state index contributed by atoms with van der Waals surface area (Å²) in [6.07, 6.45) is 0.916. The molecule has 3 N–H and O–H groups in total. The minimum absolute atomic E-state index is 0. The number of benzene rings is 1. The van der Waals surface area contributed by atoms with Crippen LogP contribution in [-0.4, -0.2) is 49.0 Å². The van der Waals surface area contributed by atoms with E-state index in [1.165, 1.54) is 0 Å². The molecule has 0 bridgehead atoms. The molecule has 26 heavy (non-hydrogen) atoms. The van der Waals surface area contributed by atoms with Gasteiger partial charge in [-0.2, -0.15) is 0 Å². The molecule has 0 aromatic heterocycles. The Labute approximate surface area is 161 Å². The summed E-state index contributed by atoms with van der Waals surface area (Å²) >= 11 is 0. The van der Waals surface area contributed by atoms with Gasteiger partial charge < -0.3 is 20.7 Å². The van der Waals surface area contributed by atoms with Crippen molar-refractivity contribution in [1.29, 1.82) is 0 Å². The highest BCUT2D eigenvalue weighted by atomic mass is 35.5. The summed E-state index contributed by atoms with van der Waals surface area (Å²) in [6, 6.07) is 6.46. The Bertz CT molecular complexity index is 607. The fraction of sp³-hybridized carbons (Fsp3) is 0.579. The van der Waals surface area contributed by atoms with Crippen molar-refractivity contribution in [3.05, 3.63) is 29.8 Å². The van der Waals surface area contributed by atoms with E-state index in [4.69, 9.17) is 10.5 Å². The molecule has 0 saturated carbocycles. The number of hydrogen-bond acceptors (Lipinski definition) is 4. The number of hydrogen-bond donors (Lipinski definition) is 2. The largest absolute Gasteiger partial charge is 0.497 e. The Hall–Kier alpha value is -1.79. The van der Waals surface area contributed by atoms with E-state index in [0.717, 1.165) is 6.42 Å². The third kappa shape index (κ3) is 5.11. The number of carbonyl (C=O) groups is 2. The molecule has 0 aliphatic carbocycles. The second kappa shape index (κ2) is 9.78.